The molecule has 1 saturated heterocycles. The van der Waals surface area contributed by atoms with Gasteiger partial charge < -0.3 is 4.74 Å². The lowest BCUT2D eigenvalue weighted by atomic mass is 9.98. The van der Waals surface area contributed by atoms with Crippen LogP contribution in [-0.4, -0.2) is 27.0 Å². The molecule has 1 fully saturated rings. The minimum Gasteiger partial charge on any atom is -0.368 e. The Morgan fingerprint density at radius 1 is 1.50 bits per heavy atom. The van der Waals surface area contributed by atoms with Gasteiger partial charge in [-0.05, 0) is 52.9 Å². The first-order chi connectivity index (χ1) is 10.3. The van der Waals surface area contributed by atoms with E-state index < -0.39 is 27.9 Å². The van der Waals surface area contributed by atoms with Crippen LogP contribution in [0.4, 0.5) is 4.39 Å². The van der Waals surface area contributed by atoms with E-state index >= 15 is 0 Å². The number of hydrogen-bond acceptors (Lipinski definition) is 4. The lowest BCUT2D eigenvalue weighted by molar-refractivity contribution is -0.129. The van der Waals surface area contributed by atoms with Crippen molar-refractivity contribution >= 4 is 31.9 Å². The molecule has 1 heterocycles. The minimum atomic E-state index is -4.07. The number of ether oxygens (including phenoxy) is 1. The van der Waals surface area contributed by atoms with Gasteiger partial charge in [-0.1, -0.05) is 13.3 Å². The van der Waals surface area contributed by atoms with Crippen LogP contribution in [0.25, 0.3) is 0 Å². The summed E-state index contributed by atoms with van der Waals surface area (Å²) in [7, 11) is -4.07. The van der Waals surface area contributed by atoms with Crippen LogP contribution in [0.5, 0.6) is 0 Å². The summed E-state index contributed by atoms with van der Waals surface area (Å²) in [5.41, 5.74) is 0.172. The number of aryl methyl sites for hydroxylation is 1. The van der Waals surface area contributed by atoms with Gasteiger partial charge in [0, 0.05) is 6.61 Å². The summed E-state index contributed by atoms with van der Waals surface area (Å²) in [5, 5.41) is 0. The molecule has 122 valence electrons. The summed E-state index contributed by atoms with van der Waals surface area (Å²) >= 11 is 2.97. The van der Waals surface area contributed by atoms with E-state index in [0.29, 0.717) is 6.61 Å². The van der Waals surface area contributed by atoms with Crippen molar-refractivity contribution in [2.45, 2.75) is 37.7 Å². The first-order valence-electron chi connectivity index (χ1n) is 6.90. The van der Waals surface area contributed by atoms with Crippen molar-refractivity contribution in [3.05, 3.63) is 28.0 Å². The maximum atomic E-state index is 13.6. The highest BCUT2D eigenvalue weighted by atomic mass is 79.9. The summed E-state index contributed by atoms with van der Waals surface area (Å²) in [5.74, 6) is -1.20. The molecule has 2 rings (SSSR count). The molecule has 2 atom stereocenters. The zero-order chi connectivity index (χ0) is 16.5. The first-order valence-corrected chi connectivity index (χ1v) is 9.17. The largest absolute Gasteiger partial charge is 0.368 e. The SMILES string of the molecule is CC[C@@H]1CCO[C@@H]1C(=O)NS(=O)(=O)c1cc(C)c(F)c(Br)c1. The average molecular weight is 394 g/mol. The fourth-order valence-electron chi connectivity index (χ4n) is 2.44. The molecule has 1 aliphatic heterocycles. The van der Waals surface area contributed by atoms with Crippen molar-refractivity contribution in [3.8, 4) is 0 Å². The van der Waals surface area contributed by atoms with Gasteiger partial charge in [0.2, 0.25) is 0 Å². The standard InChI is InChI=1S/C14H17BrFNO4S/c1-3-9-4-5-21-13(9)14(18)17-22(19,20)10-6-8(2)12(16)11(15)7-10/h6-7,9,13H,3-5H2,1-2H3,(H,17,18)/t9-,13+/m1/s1. The molecule has 0 spiro atoms. The number of hydrogen-bond donors (Lipinski definition) is 1. The van der Waals surface area contributed by atoms with E-state index in [0.717, 1.165) is 18.9 Å². The molecule has 0 bridgehead atoms. The third kappa shape index (κ3) is 3.49. The molecule has 22 heavy (non-hydrogen) atoms. The third-order valence-electron chi connectivity index (χ3n) is 3.73. The molecule has 0 unspecified atom stereocenters. The van der Waals surface area contributed by atoms with E-state index in [2.05, 4.69) is 15.9 Å². The van der Waals surface area contributed by atoms with Gasteiger partial charge in [-0.15, -0.1) is 0 Å². The molecule has 8 heteroatoms. The molecule has 5 nitrogen and oxygen atoms in total. The number of amides is 1. The number of benzene rings is 1. The maximum absolute atomic E-state index is 13.6. The fourth-order valence-corrected chi connectivity index (χ4v) is 4.26. The lowest BCUT2D eigenvalue weighted by Gasteiger charge is -2.17. The second-order valence-electron chi connectivity index (χ2n) is 5.25. The van der Waals surface area contributed by atoms with Crippen LogP contribution in [0.3, 0.4) is 0 Å². The number of nitrogens with one attached hydrogen (secondary N) is 1. The molecule has 0 aliphatic carbocycles. The Labute approximate surface area is 137 Å². The molecule has 0 radical (unpaired) electrons. The molecule has 1 amide bonds. The molecular weight excluding hydrogens is 377 g/mol. The van der Waals surface area contributed by atoms with Crippen molar-refractivity contribution in [1.82, 2.24) is 4.72 Å². The monoisotopic (exact) mass is 393 g/mol. The van der Waals surface area contributed by atoms with Crippen molar-refractivity contribution in [1.29, 1.82) is 0 Å². The van der Waals surface area contributed by atoms with Crippen molar-refractivity contribution in [3.63, 3.8) is 0 Å². The molecular formula is C14H17BrFNO4S. The zero-order valence-electron chi connectivity index (χ0n) is 12.2. The summed E-state index contributed by atoms with van der Waals surface area (Å²) in [6.07, 6.45) is 0.708. The van der Waals surface area contributed by atoms with E-state index in [4.69, 9.17) is 4.74 Å². The van der Waals surface area contributed by atoms with Gasteiger partial charge in [-0.2, -0.15) is 0 Å². The maximum Gasteiger partial charge on any atom is 0.264 e. The van der Waals surface area contributed by atoms with Crippen LogP contribution < -0.4 is 4.72 Å². The lowest BCUT2D eigenvalue weighted by Crippen LogP contribution is -2.41. The fraction of sp³-hybridized carbons (Fsp3) is 0.500. The average Bonchev–Trinajstić information content (AvgIpc) is 2.92. The van der Waals surface area contributed by atoms with Crippen molar-refractivity contribution in [2.24, 2.45) is 5.92 Å². The Morgan fingerprint density at radius 3 is 2.77 bits per heavy atom. The number of halogens is 2. The molecule has 0 aromatic heterocycles. The third-order valence-corrected chi connectivity index (χ3v) is 5.63. The van der Waals surface area contributed by atoms with E-state index in [-0.39, 0.29) is 20.8 Å². The smallest absolute Gasteiger partial charge is 0.264 e. The van der Waals surface area contributed by atoms with Crippen LogP contribution in [0, 0.1) is 18.7 Å². The van der Waals surface area contributed by atoms with Gasteiger partial charge in [-0.3, -0.25) is 4.79 Å². The number of carbonyl (C=O) groups excluding carboxylic acids is 1. The Morgan fingerprint density at radius 2 is 2.18 bits per heavy atom. The van der Waals surface area contributed by atoms with E-state index in [1.165, 1.54) is 13.0 Å². The number of rotatable bonds is 4. The Balaban J connectivity index is 2.23. The first kappa shape index (κ1) is 17.4. The van der Waals surface area contributed by atoms with E-state index in [1.807, 2.05) is 11.6 Å². The zero-order valence-corrected chi connectivity index (χ0v) is 14.6. The Bertz CT molecular complexity index is 669. The number of carbonyl (C=O) groups is 1. The summed E-state index contributed by atoms with van der Waals surface area (Å²) in [6, 6.07) is 2.31. The Hall–Kier alpha value is -0.990. The van der Waals surface area contributed by atoms with Gasteiger partial charge in [0.25, 0.3) is 15.9 Å². The van der Waals surface area contributed by atoms with Crippen LogP contribution in [0.2, 0.25) is 0 Å². The normalized spacial score (nSPS) is 21.8. The highest BCUT2D eigenvalue weighted by Gasteiger charge is 2.35. The molecule has 1 aliphatic rings. The van der Waals surface area contributed by atoms with Crippen LogP contribution in [0.1, 0.15) is 25.3 Å². The van der Waals surface area contributed by atoms with Crippen LogP contribution in [-0.2, 0) is 19.6 Å². The second kappa shape index (κ2) is 6.64. The summed E-state index contributed by atoms with van der Waals surface area (Å²) in [6.45, 7) is 3.82. The van der Waals surface area contributed by atoms with Crippen molar-refractivity contribution in [2.75, 3.05) is 6.61 Å². The summed E-state index contributed by atoms with van der Waals surface area (Å²) in [4.78, 5) is 12.0. The summed E-state index contributed by atoms with van der Waals surface area (Å²) < 4.78 is 45.5. The molecule has 1 aromatic rings. The Kier molecular flexibility index (Phi) is 5.24. The predicted molar refractivity (Wildman–Crippen MR) is 82.3 cm³/mol. The molecule has 1 N–H and O–H groups in total. The molecule has 0 saturated carbocycles. The van der Waals surface area contributed by atoms with E-state index in [1.54, 1.807) is 0 Å². The van der Waals surface area contributed by atoms with Gasteiger partial charge in [0.1, 0.15) is 11.9 Å². The van der Waals surface area contributed by atoms with E-state index in [9.17, 15) is 17.6 Å². The van der Waals surface area contributed by atoms with Gasteiger partial charge in [-0.25, -0.2) is 17.5 Å². The molecule has 1 aromatic carbocycles. The van der Waals surface area contributed by atoms with Crippen LogP contribution >= 0.6 is 15.9 Å². The highest BCUT2D eigenvalue weighted by Crippen LogP contribution is 2.26. The van der Waals surface area contributed by atoms with Gasteiger partial charge >= 0.3 is 0 Å². The highest BCUT2D eigenvalue weighted by molar-refractivity contribution is 9.10. The van der Waals surface area contributed by atoms with Crippen LogP contribution in [0.15, 0.2) is 21.5 Å². The van der Waals surface area contributed by atoms with Gasteiger partial charge in [0.05, 0.1) is 9.37 Å². The van der Waals surface area contributed by atoms with Gasteiger partial charge in [0.15, 0.2) is 0 Å². The minimum absolute atomic E-state index is 0.0110. The number of sulfonamides is 1. The second-order valence-corrected chi connectivity index (χ2v) is 7.79. The van der Waals surface area contributed by atoms with Crippen molar-refractivity contribution < 1.29 is 22.3 Å². The topological polar surface area (TPSA) is 72.5 Å². The predicted octanol–water partition coefficient (Wildman–Crippen LogP) is 2.52. The quantitative estimate of drug-likeness (QED) is 0.852.